The van der Waals surface area contributed by atoms with Gasteiger partial charge in [-0.15, -0.1) is 0 Å². The Morgan fingerprint density at radius 3 is 2.56 bits per heavy atom. The topological polar surface area (TPSA) is 125 Å². The molecule has 2 amide bonds. The van der Waals surface area contributed by atoms with E-state index >= 15 is 0 Å². The number of nitrogens with one attached hydrogen (secondary N) is 3. The van der Waals surface area contributed by atoms with Crippen molar-refractivity contribution in [3.63, 3.8) is 0 Å². The lowest BCUT2D eigenvalue weighted by Gasteiger charge is -2.25. The summed E-state index contributed by atoms with van der Waals surface area (Å²) in [6.07, 6.45) is -2.61. The van der Waals surface area contributed by atoms with Gasteiger partial charge in [-0.1, -0.05) is 0 Å². The van der Waals surface area contributed by atoms with E-state index in [0.29, 0.717) is 85.1 Å². The Labute approximate surface area is 253 Å². The van der Waals surface area contributed by atoms with Gasteiger partial charge in [-0.25, -0.2) is 19.2 Å². The van der Waals surface area contributed by atoms with Gasteiger partial charge in [-0.3, -0.25) is 0 Å². The molecule has 1 aromatic heterocycles. The van der Waals surface area contributed by atoms with Gasteiger partial charge in [-0.2, -0.15) is 13.2 Å². The van der Waals surface area contributed by atoms with Crippen molar-refractivity contribution < 1.29 is 46.0 Å². The molecule has 6 rings (SSSR count). The maximum absolute atomic E-state index is 14.0. The Morgan fingerprint density at radius 2 is 1.80 bits per heavy atom. The number of hydrogen-bond acceptors (Lipinski definition) is 9. The molecule has 1 fully saturated rings. The highest BCUT2D eigenvalue weighted by molar-refractivity contribution is 6.00. The predicted octanol–water partition coefficient (Wildman–Crippen LogP) is 5.75. The van der Waals surface area contributed by atoms with Crippen molar-refractivity contribution in [1.82, 2.24) is 15.3 Å². The highest BCUT2D eigenvalue weighted by atomic mass is 19.4. The minimum atomic E-state index is -4.69. The second-order valence-electron chi connectivity index (χ2n) is 10.1. The third-order valence-electron chi connectivity index (χ3n) is 6.93. The number of carbonyl (C=O) groups excluding carboxylic acids is 1. The van der Waals surface area contributed by atoms with Crippen LogP contribution in [0.3, 0.4) is 0 Å². The van der Waals surface area contributed by atoms with Crippen molar-refractivity contribution >= 4 is 28.3 Å². The molecule has 1 unspecified atom stereocenters. The number of rotatable bonds is 8. The lowest BCUT2D eigenvalue weighted by atomic mass is 10.1. The third kappa shape index (κ3) is 7.10. The lowest BCUT2D eigenvalue weighted by molar-refractivity contribution is -0.137. The summed E-state index contributed by atoms with van der Waals surface area (Å²) in [7, 11) is 0. The van der Waals surface area contributed by atoms with E-state index in [9.17, 15) is 22.4 Å². The zero-order valence-electron chi connectivity index (χ0n) is 23.6. The Bertz CT molecular complexity index is 1680. The zero-order chi connectivity index (χ0) is 31.4. The van der Waals surface area contributed by atoms with Crippen LogP contribution in [0.2, 0.25) is 0 Å². The summed E-state index contributed by atoms with van der Waals surface area (Å²) in [4.78, 5) is 21.0. The molecule has 11 nitrogen and oxygen atoms in total. The normalized spacial score (nSPS) is 16.2. The summed E-state index contributed by atoms with van der Waals surface area (Å²) < 4.78 is 82.4. The fourth-order valence-corrected chi connectivity index (χ4v) is 4.78. The first-order valence-electron chi connectivity index (χ1n) is 14.0. The highest BCUT2D eigenvalue weighted by Crippen LogP contribution is 2.48. The van der Waals surface area contributed by atoms with Crippen molar-refractivity contribution in [3.8, 4) is 28.9 Å². The number of halogens is 4. The molecule has 4 aromatic rings. The summed E-state index contributed by atoms with van der Waals surface area (Å²) in [5.41, 5.74) is -0.930. The Kier molecular flexibility index (Phi) is 8.71. The summed E-state index contributed by atoms with van der Waals surface area (Å²) in [6.45, 7) is 3.17. The van der Waals surface area contributed by atoms with E-state index in [1.807, 2.05) is 0 Å². The summed E-state index contributed by atoms with van der Waals surface area (Å²) in [6, 6.07) is 8.81. The average Bonchev–Trinajstić information content (AvgIpc) is 3.03. The van der Waals surface area contributed by atoms with Crippen molar-refractivity contribution in [1.29, 1.82) is 0 Å². The molecular weight excluding hydrogens is 602 g/mol. The largest absolute Gasteiger partial charge is 0.489 e. The number of hydrogen-bond donors (Lipinski definition) is 3. The first-order chi connectivity index (χ1) is 21.7. The predicted molar refractivity (Wildman–Crippen MR) is 154 cm³/mol. The molecule has 45 heavy (non-hydrogen) atoms. The van der Waals surface area contributed by atoms with E-state index in [0.717, 1.165) is 13.0 Å². The lowest BCUT2D eigenvalue weighted by Crippen LogP contribution is -2.42. The second kappa shape index (κ2) is 13.0. The molecule has 15 heteroatoms. The number of anilines is 2. The number of urea groups is 1. The Balaban J connectivity index is 1.15. The molecule has 2 aliphatic rings. The van der Waals surface area contributed by atoms with E-state index in [1.54, 1.807) is 18.2 Å². The zero-order valence-corrected chi connectivity index (χ0v) is 23.6. The van der Waals surface area contributed by atoms with E-state index in [2.05, 4.69) is 25.9 Å². The molecule has 0 aliphatic carbocycles. The first-order valence-corrected chi connectivity index (χ1v) is 14.0. The molecule has 1 saturated heterocycles. The van der Waals surface area contributed by atoms with Gasteiger partial charge >= 0.3 is 12.2 Å². The minimum absolute atomic E-state index is 0.190. The van der Waals surface area contributed by atoms with Crippen LogP contribution in [0.5, 0.6) is 28.9 Å². The minimum Gasteiger partial charge on any atom is -0.489 e. The third-order valence-corrected chi connectivity index (χ3v) is 6.93. The van der Waals surface area contributed by atoms with Crippen LogP contribution in [0.4, 0.5) is 33.7 Å². The van der Waals surface area contributed by atoms with Gasteiger partial charge < -0.3 is 39.6 Å². The molecule has 3 aromatic carbocycles. The monoisotopic (exact) mass is 629 g/mol. The van der Waals surface area contributed by atoms with Gasteiger partial charge in [0.05, 0.1) is 36.6 Å². The Morgan fingerprint density at radius 1 is 1.00 bits per heavy atom. The van der Waals surface area contributed by atoms with Crippen LogP contribution >= 0.6 is 0 Å². The molecule has 1 atom stereocenters. The van der Waals surface area contributed by atoms with E-state index in [1.165, 1.54) is 18.5 Å². The van der Waals surface area contributed by atoms with Crippen molar-refractivity contribution in [2.75, 3.05) is 50.2 Å². The molecule has 0 saturated carbocycles. The number of aromatic nitrogens is 2. The van der Waals surface area contributed by atoms with Gasteiger partial charge in [0.25, 0.3) is 0 Å². The molecule has 0 spiro atoms. The molecule has 3 heterocycles. The fraction of sp³-hybridized carbons (Fsp3) is 0.300. The number of ether oxygens (including phenoxy) is 5. The number of amides is 2. The van der Waals surface area contributed by atoms with Gasteiger partial charge in [0.2, 0.25) is 11.6 Å². The maximum atomic E-state index is 14.0. The van der Waals surface area contributed by atoms with Gasteiger partial charge in [-0.05, 0) is 48.9 Å². The van der Waals surface area contributed by atoms with Gasteiger partial charge in [0.1, 0.15) is 36.5 Å². The number of benzene rings is 3. The van der Waals surface area contributed by atoms with Crippen LogP contribution in [-0.4, -0.2) is 61.6 Å². The van der Waals surface area contributed by atoms with Crippen molar-refractivity contribution in [2.45, 2.75) is 18.6 Å². The molecule has 0 radical (unpaired) electrons. The van der Waals surface area contributed by atoms with Crippen LogP contribution in [-0.2, 0) is 10.9 Å². The van der Waals surface area contributed by atoms with Crippen LogP contribution in [0.15, 0.2) is 54.9 Å². The molecule has 0 bridgehead atoms. The van der Waals surface area contributed by atoms with Crippen molar-refractivity contribution in [2.24, 2.45) is 0 Å². The molecular formula is C30H27F4N5O6. The summed E-state index contributed by atoms with van der Waals surface area (Å²) in [5, 5.41) is 8.40. The first kappa shape index (κ1) is 30.1. The quantitative estimate of drug-likeness (QED) is 0.209. The van der Waals surface area contributed by atoms with Crippen molar-refractivity contribution in [3.05, 3.63) is 66.2 Å². The highest BCUT2D eigenvalue weighted by Gasteiger charge is 2.31. The van der Waals surface area contributed by atoms with Gasteiger partial charge in [0.15, 0.2) is 11.5 Å². The molecule has 3 N–H and O–H groups in total. The molecule has 236 valence electrons. The number of alkyl halides is 3. The number of morpholine rings is 1. The second-order valence-corrected chi connectivity index (χ2v) is 10.1. The smallest absolute Gasteiger partial charge is 0.416 e. The van der Waals surface area contributed by atoms with Crippen LogP contribution in [0.1, 0.15) is 12.0 Å². The van der Waals surface area contributed by atoms with E-state index in [4.69, 9.17) is 23.7 Å². The van der Waals surface area contributed by atoms with E-state index in [-0.39, 0.29) is 17.6 Å². The van der Waals surface area contributed by atoms with E-state index < -0.39 is 29.3 Å². The van der Waals surface area contributed by atoms with Gasteiger partial charge in [0, 0.05) is 24.3 Å². The standard InChI is InChI=1S/C30H27F4N5O6/c31-21-6-1-17(30(32,33)34)13-22(21)39-29(40)38-18-2-4-20(5-3-18)45-28-25-23(36-16-37-28)14-24(26-27(25)44-12-11-43-26)42-9-7-19-15-41-10-8-35-19/h1-6,13-14,16,19,35H,7-12,15H2,(H2,38,39,40). The summed E-state index contributed by atoms with van der Waals surface area (Å²) >= 11 is 0. The number of nitrogens with zero attached hydrogens (tertiary/aromatic N) is 2. The summed E-state index contributed by atoms with van der Waals surface area (Å²) in [5.74, 6) is 0.816. The van der Waals surface area contributed by atoms with Crippen LogP contribution in [0.25, 0.3) is 10.9 Å². The maximum Gasteiger partial charge on any atom is 0.416 e. The van der Waals surface area contributed by atoms with Crippen LogP contribution in [0, 0.1) is 5.82 Å². The number of fused-ring (bicyclic) bond motifs is 3. The average molecular weight is 630 g/mol. The fourth-order valence-electron chi connectivity index (χ4n) is 4.78. The number of carbonyl (C=O) groups is 1. The Hall–Kier alpha value is -4.89. The molecule has 2 aliphatic heterocycles. The SMILES string of the molecule is O=C(Nc1ccc(Oc2ncnc3cc(OCCC4COCCN4)c4c(c23)OCCO4)cc1)Nc1cc(C(F)(F)F)ccc1F. The van der Waals surface area contributed by atoms with Crippen LogP contribution < -0.4 is 34.9 Å².